The van der Waals surface area contributed by atoms with Crippen LogP contribution in [0.2, 0.25) is 0 Å². The van der Waals surface area contributed by atoms with Gasteiger partial charge in [-0.2, -0.15) is 11.3 Å². The molecule has 1 amide bonds. The average molecular weight is 401 g/mol. The first-order valence-corrected chi connectivity index (χ1v) is 11.0. The summed E-state index contributed by atoms with van der Waals surface area (Å²) in [6, 6.07) is 10.5. The predicted octanol–water partition coefficient (Wildman–Crippen LogP) is 3.71. The Morgan fingerprint density at radius 3 is 3.00 bits per heavy atom. The molecular formula is C22H28N2O3S. The van der Waals surface area contributed by atoms with Crippen molar-refractivity contribution < 1.29 is 14.3 Å². The van der Waals surface area contributed by atoms with Crippen LogP contribution in [0.15, 0.2) is 41.1 Å². The molecule has 2 unspecified atom stereocenters. The van der Waals surface area contributed by atoms with E-state index in [9.17, 15) is 4.79 Å². The van der Waals surface area contributed by atoms with Crippen LogP contribution in [0.5, 0.6) is 5.75 Å². The van der Waals surface area contributed by atoms with Crippen molar-refractivity contribution in [3.63, 3.8) is 0 Å². The fraction of sp³-hybridized carbons (Fsp3) is 0.500. The van der Waals surface area contributed by atoms with Gasteiger partial charge in [-0.15, -0.1) is 0 Å². The Morgan fingerprint density at radius 2 is 2.18 bits per heavy atom. The SMILES string of the molecule is COCC1CCCCN1C(=O)CN1Cc2ccccc2OC(c2ccsc2)C1. The maximum absolute atomic E-state index is 13.2. The van der Waals surface area contributed by atoms with E-state index in [0.717, 1.165) is 37.2 Å². The molecule has 0 aliphatic carbocycles. The molecule has 0 bridgehead atoms. The maximum Gasteiger partial charge on any atom is 0.237 e. The molecule has 28 heavy (non-hydrogen) atoms. The zero-order chi connectivity index (χ0) is 19.3. The molecule has 1 aromatic heterocycles. The van der Waals surface area contributed by atoms with Crippen LogP contribution in [-0.2, 0) is 16.1 Å². The summed E-state index contributed by atoms with van der Waals surface area (Å²) in [5.74, 6) is 1.12. The van der Waals surface area contributed by atoms with Gasteiger partial charge in [0, 0.05) is 37.9 Å². The standard InChI is InChI=1S/C22H28N2O3S/c1-26-15-19-7-4-5-10-24(19)22(25)14-23-12-17-6-2-3-8-20(17)27-21(13-23)18-9-11-28-16-18/h2-3,6,8-9,11,16,19,21H,4-5,7,10,12-15H2,1H3. The topological polar surface area (TPSA) is 42.0 Å². The minimum Gasteiger partial charge on any atom is -0.484 e. The minimum atomic E-state index is -0.0566. The Morgan fingerprint density at radius 1 is 1.29 bits per heavy atom. The van der Waals surface area contributed by atoms with Gasteiger partial charge in [-0.3, -0.25) is 9.69 Å². The van der Waals surface area contributed by atoms with Crippen molar-refractivity contribution in [1.82, 2.24) is 9.80 Å². The van der Waals surface area contributed by atoms with Gasteiger partial charge in [0.2, 0.25) is 5.91 Å². The lowest BCUT2D eigenvalue weighted by molar-refractivity contribution is -0.137. The fourth-order valence-electron chi connectivity index (χ4n) is 4.21. The summed E-state index contributed by atoms with van der Waals surface area (Å²) in [5, 5.41) is 4.21. The second-order valence-electron chi connectivity index (χ2n) is 7.63. The second kappa shape index (κ2) is 9.07. The normalized spacial score (nSPS) is 23.0. The monoisotopic (exact) mass is 400 g/mol. The fourth-order valence-corrected chi connectivity index (χ4v) is 4.91. The van der Waals surface area contributed by atoms with Gasteiger partial charge < -0.3 is 14.4 Å². The van der Waals surface area contributed by atoms with E-state index in [1.807, 2.05) is 23.1 Å². The number of carbonyl (C=O) groups excluding carboxylic acids is 1. The van der Waals surface area contributed by atoms with Gasteiger partial charge in [-0.05, 0) is 42.2 Å². The van der Waals surface area contributed by atoms with Crippen LogP contribution in [0.25, 0.3) is 0 Å². The molecule has 4 rings (SSSR count). The molecule has 2 aliphatic rings. The summed E-state index contributed by atoms with van der Waals surface area (Å²) >= 11 is 1.68. The van der Waals surface area contributed by atoms with E-state index in [-0.39, 0.29) is 18.1 Å². The number of nitrogens with zero attached hydrogens (tertiary/aromatic N) is 2. The number of carbonyl (C=O) groups is 1. The molecule has 0 N–H and O–H groups in total. The molecule has 2 aliphatic heterocycles. The Bertz CT molecular complexity index is 778. The first-order valence-electron chi connectivity index (χ1n) is 10.0. The van der Waals surface area contributed by atoms with Crippen molar-refractivity contribution in [3.8, 4) is 5.75 Å². The minimum absolute atomic E-state index is 0.0566. The summed E-state index contributed by atoms with van der Waals surface area (Å²) in [5.41, 5.74) is 2.31. The Kier molecular flexibility index (Phi) is 6.29. The smallest absolute Gasteiger partial charge is 0.237 e. The Hall–Kier alpha value is -1.89. The number of thiophene rings is 1. The van der Waals surface area contributed by atoms with Crippen molar-refractivity contribution in [2.45, 2.75) is 38.0 Å². The summed E-state index contributed by atoms with van der Waals surface area (Å²) in [6.45, 7) is 3.31. The zero-order valence-electron chi connectivity index (χ0n) is 16.4. The number of hydrogen-bond acceptors (Lipinski definition) is 5. The molecular weight excluding hydrogens is 372 g/mol. The molecule has 2 atom stereocenters. The predicted molar refractivity (Wildman–Crippen MR) is 111 cm³/mol. The van der Waals surface area contributed by atoms with Crippen LogP contribution in [-0.4, -0.2) is 55.1 Å². The molecule has 5 nitrogen and oxygen atoms in total. The third kappa shape index (κ3) is 4.40. The lowest BCUT2D eigenvalue weighted by Gasteiger charge is -2.36. The number of para-hydroxylation sites is 1. The number of amides is 1. The summed E-state index contributed by atoms with van der Waals surface area (Å²) < 4.78 is 11.7. The van der Waals surface area contributed by atoms with Crippen molar-refractivity contribution in [2.75, 3.05) is 33.4 Å². The van der Waals surface area contributed by atoms with Gasteiger partial charge in [0.1, 0.15) is 11.9 Å². The molecule has 0 radical (unpaired) electrons. The number of likely N-dealkylation sites (tertiary alicyclic amines) is 1. The van der Waals surface area contributed by atoms with Crippen LogP contribution < -0.4 is 4.74 Å². The van der Waals surface area contributed by atoms with Crippen molar-refractivity contribution in [3.05, 3.63) is 52.2 Å². The second-order valence-corrected chi connectivity index (χ2v) is 8.41. The lowest BCUT2D eigenvalue weighted by atomic mass is 10.0. The van der Waals surface area contributed by atoms with Crippen LogP contribution >= 0.6 is 11.3 Å². The van der Waals surface area contributed by atoms with Gasteiger partial charge in [0.25, 0.3) is 0 Å². The highest BCUT2D eigenvalue weighted by Gasteiger charge is 2.30. The summed E-state index contributed by atoms with van der Waals surface area (Å²) in [4.78, 5) is 17.4. The molecule has 150 valence electrons. The van der Waals surface area contributed by atoms with Crippen LogP contribution in [0.1, 0.15) is 36.5 Å². The number of fused-ring (bicyclic) bond motifs is 1. The van der Waals surface area contributed by atoms with E-state index < -0.39 is 0 Å². The molecule has 2 aromatic rings. The lowest BCUT2D eigenvalue weighted by Crippen LogP contribution is -2.49. The van der Waals surface area contributed by atoms with E-state index in [2.05, 4.69) is 27.8 Å². The largest absolute Gasteiger partial charge is 0.484 e. The molecule has 1 fully saturated rings. The van der Waals surface area contributed by atoms with Crippen molar-refractivity contribution in [1.29, 1.82) is 0 Å². The third-order valence-electron chi connectivity index (χ3n) is 5.64. The van der Waals surface area contributed by atoms with Crippen LogP contribution in [0.4, 0.5) is 0 Å². The highest BCUT2D eigenvalue weighted by molar-refractivity contribution is 7.07. The number of rotatable bonds is 5. The van der Waals surface area contributed by atoms with Gasteiger partial charge in [0.05, 0.1) is 19.2 Å². The van der Waals surface area contributed by atoms with E-state index in [0.29, 0.717) is 19.7 Å². The van der Waals surface area contributed by atoms with Crippen LogP contribution in [0, 0.1) is 0 Å². The zero-order valence-corrected chi connectivity index (χ0v) is 17.2. The van der Waals surface area contributed by atoms with E-state index in [1.165, 1.54) is 12.0 Å². The highest BCUT2D eigenvalue weighted by atomic mass is 32.1. The molecule has 6 heteroatoms. The van der Waals surface area contributed by atoms with E-state index in [4.69, 9.17) is 9.47 Å². The molecule has 3 heterocycles. The van der Waals surface area contributed by atoms with Crippen LogP contribution in [0.3, 0.4) is 0 Å². The maximum atomic E-state index is 13.2. The Labute approximate surface area is 170 Å². The van der Waals surface area contributed by atoms with Gasteiger partial charge >= 0.3 is 0 Å². The van der Waals surface area contributed by atoms with Gasteiger partial charge in [-0.1, -0.05) is 18.2 Å². The number of methoxy groups -OCH3 is 1. The molecule has 1 saturated heterocycles. The molecule has 1 aromatic carbocycles. The van der Waals surface area contributed by atoms with Gasteiger partial charge in [-0.25, -0.2) is 0 Å². The highest BCUT2D eigenvalue weighted by Crippen LogP contribution is 2.32. The first kappa shape index (κ1) is 19.4. The van der Waals surface area contributed by atoms with Crippen molar-refractivity contribution in [2.24, 2.45) is 0 Å². The summed E-state index contributed by atoms with van der Waals surface area (Å²) in [7, 11) is 1.71. The van der Waals surface area contributed by atoms with Crippen molar-refractivity contribution >= 4 is 17.2 Å². The van der Waals surface area contributed by atoms with E-state index >= 15 is 0 Å². The first-order chi connectivity index (χ1) is 13.7. The number of piperidine rings is 1. The Balaban J connectivity index is 1.51. The molecule has 0 saturated carbocycles. The molecule has 0 spiro atoms. The number of ether oxygens (including phenoxy) is 2. The number of benzene rings is 1. The van der Waals surface area contributed by atoms with E-state index in [1.54, 1.807) is 18.4 Å². The van der Waals surface area contributed by atoms with Gasteiger partial charge in [0.15, 0.2) is 0 Å². The average Bonchev–Trinajstić information content (AvgIpc) is 3.18. The summed E-state index contributed by atoms with van der Waals surface area (Å²) in [6.07, 6.45) is 3.22. The quantitative estimate of drug-likeness (QED) is 0.767. The third-order valence-corrected chi connectivity index (χ3v) is 6.34. The number of hydrogen-bond donors (Lipinski definition) is 0.